The van der Waals surface area contributed by atoms with Gasteiger partial charge in [-0.1, -0.05) is 53.7 Å². The summed E-state index contributed by atoms with van der Waals surface area (Å²) in [6.45, 7) is -0.303. The van der Waals surface area contributed by atoms with E-state index in [4.69, 9.17) is 15.1 Å². The third-order valence-corrected chi connectivity index (χ3v) is 4.35. The first-order valence-electron chi connectivity index (χ1n) is 8.72. The fraction of sp³-hybridized carbons (Fsp3) is 0.250. The van der Waals surface area contributed by atoms with Crippen LogP contribution in [-0.2, 0) is 14.4 Å². The standard InChI is InChI=1S/C20H20N2O6/c23-12(10-21-17(20(26)27)9-18(24)25)11-28-22-19-15-7-3-1-5-13(15)14-6-2-4-8-16(14)19/h1-8,12,17,21,23H,9-11H2,(H,24,25)(H,26,27)/t12-,17-/m0/s1. The van der Waals surface area contributed by atoms with Crippen molar-refractivity contribution in [2.75, 3.05) is 13.2 Å². The molecule has 0 bridgehead atoms. The maximum absolute atomic E-state index is 11.0. The molecule has 1 aliphatic rings. The van der Waals surface area contributed by atoms with E-state index >= 15 is 0 Å². The zero-order valence-corrected chi connectivity index (χ0v) is 14.9. The molecule has 3 rings (SSSR count). The lowest BCUT2D eigenvalue weighted by Gasteiger charge is -2.15. The molecule has 2 atom stereocenters. The van der Waals surface area contributed by atoms with Crippen molar-refractivity contribution in [3.63, 3.8) is 0 Å². The molecular formula is C20H20N2O6. The molecule has 0 spiro atoms. The topological polar surface area (TPSA) is 128 Å². The highest BCUT2D eigenvalue weighted by Gasteiger charge is 2.25. The van der Waals surface area contributed by atoms with Crippen LogP contribution in [0.1, 0.15) is 17.5 Å². The summed E-state index contributed by atoms with van der Waals surface area (Å²) in [4.78, 5) is 27.0. The number of fused-ring (bicyclic) bond motifs is 3. The maximum Gasteiger partial charge on any atom is 0.321 e. The Labute approximate surface area is 161 Å². The van der Waals surface area contributed by atoms with Gasteiger partial charge in [0, 0.05) is 17.7 Å². The molecule has 0 aromatic heterocycles. The van der Waals surface area contributed by atoms with Gasteiger partial charge in [0.25, 0.3) is 0 Å². The first kappa shape index (κ1) is 19.5. The summed E-state index contributed by atoms with van der Waals surface area (Å²) in [6.07, 6.45) is -1.63. The number of aliphatic hydroxyl groups excluding tert-OH is 1. The van der Waals surface area contributed by atoms with E-state index in [-0.39, 0.29) is 13.2 Å². The highest BCUT2D eigenvalue weighted by Crippen LogP contribution is 2.36. The molecule has 2 aromatic rings. The summed E-state index contributed by atoms with van der Waals surface area (Å²) >= 11 is 0. The summed E-state index contributed by atoms with van der Waals surface area (Å²) in [5.74, 6) is -2.54. The van der Waals surface area contributed by atoms with E-state index in [1.54, 1.807) is 0 Å². The number of aliphatic carboxylic acids is 2. The molecule has 2 aromatic carbocycles. The summed E-state index contributed by atoms with van der Waals surface area (Å²) in [5.41, 5.74) is 4.65. The van der Waals surface area contributed by atoms with Crippen LogP contribution in [0.15, 0.2) is 53.7 Å². The Balaban J connectivity index is 1.62. The van der Waals surface area contributed by atoms with Gasteiger partial charge >= 0.3 is 11.9 Å². The van der Waals surface area contributed by atoms with Crippen LogP contribution in [0.5, 0.6) is 0 Å². The van der Waals surface area contributed by atoms with Crippen molar-refractivity contribution in [1.82, 2.24) is 5.32 Å². The van der Waals surface area contributed by atoms with Gasteiger partial charge in [0.15, 0.2) is 0 Å². The molecule has 8 nitrogen and oxygen atoms in total. The van der Waals surface area contributed by atoms with Crippen molar-refractivity contribution < 1.29 is 29.7 Å². The number of carboxylic acid groups (broad SMARTS) is 2. The summed E-state index contributed by atoms with van der Waals surface area (Å²) in [6, 6.07) is 14.3. The largest absolute Gasteiger partial charge is 0.481 e. The molecule has 0 saturated heterocycles. The molecule has 146 valence electrons. The van der Waals surface area contributed by atoms with Crippen LogP contribution in [0.2, 0.25) is 0 Å². The number of rotatable bonds is 9. The van der Waals surface area contributed by atoms with Crippen molar-refractivity contribution >= 4 is 17.7 Å². The predicted molar refractivity (Wildman–Crippen MR) is 101 cm³/mol. The average molecular weight is 384 g/mol. The van der Waals surface area contributed by atoms with Crippen LogP contribution in [0, 0.1) is 0 Å². The molecule has 0 amide bonds. The lowest BCUT2D eigenvalue weighted by molar-refractivity contribution is -0.146. The van der Waals surface area contributed by atoms with Gasteiger partial charge in [-0.3, -0.25) is 9.59 Å². The second-order valence-corrected chi connectivity index (χ2v) is 6.38. The second-order valence-electron chi connectivity index (χ2n) is 6.38. The first-order valence-corrected chi connectivity index (χ1v) is 8.72. The Morgan fingerprint density at radius 1 is 0.964 bits per heavy atom. The quantitative estimate of drug-likeness (QED) is 0.410. The molecule has 8 heteroatoms. The Kier molecular flexibility index (Phi) is 6.03. The van der Waals surface area contributed by atoms with Gasteiger partial charge in [-0.2, -0.15) is 0 Å². The molecule has 28 heavy (non-hydrogen) atoms. The normalized spacial score (nSPS) is 14.0. The number of carboxylic acids is 2. The molecule has 0 fully saturated rings. The second kappa shape index (κ2) is 8.64. The number of hydrogen-bond acceptors (Lipinski definition) is 6. The smallest absolute Gasteiger partial charge is 0.321 e. The number of nitrogens with one attached hydrogen (secondary N) is 1. The number of nitrogens with zero attached hydrogens (tertiary/aromatic N) is 1. The van der Waals surface area contributed by atoms with Crippen molar-refractivity contribution in [3.05, 3.63) is 59.7 Å². The lowest BCUT2D eigenvalue weighted by Crippen LogP contribution is -2.43. The van der Waals surface area contributed by atoms with E-state index in [0.29, 0.717) is 5.71 Å². The number of aliphatic hydroxyl groups is 1. The SMILES string of the molecule is O=C(O)C[C@H](NC[C@H](O)CON=C1c2ccccc2-c2ccccc21)C(=O)O. The first-order chi connectivity index (χ1) is 13.5. The molecule has 0 radical (unpaired) electrons. The summed E-state index contributed by atoms with van der Waals surface area (Å²) < 4.78 is 0. The van der Waals surface area contributed by atoms with Crippen LogP contribution in [0.25, 0.3) is 11.1 Å². The van der Waals surface area contributed by atoms with E-state index in [9.17, 15) is 14.7 Å². The summed E-state index contributed by atoms with van der Waals surface area (Å²) in [7, 11) is 0. The zero-order valence-electron chi connectivity index (χ0n) is 14.9. The maximum atomic E-state index is 11.0. The summed E-state index contributed by atoms with van der Waals surface area (Å²) in [5, 5.41) is 34.4. The van der Waals surface area contributed by atoms with Gasteiger partial charge in [-0.25, -0.2) is 0 Å². The zero-order chi connectivity index (χ0) is 20.1. The van der Waals surface area contributed by atoms with Crippen LogP contribution < -0.4 is 5.32 Å². The van der Waals surface area contributed by atoms with E-state index in [2.05, 4.69) is 10.5 Å². The van der Waals surface area contributed by atoms with E-state index in [1.807, 2.05) is 48.5 Å². The number of benzene rings is 2. The monoisotopic (exact) mass is 384 g/mol. The fourth-order valence-corrected chi connectivity index (χ4v) is 3.04. The average Bonchev–Trinajstić information content (AvgIpc) is 2.99. The molecule has 4 N–H and O–H groups in total. The third kappa shape index (κ3) is 4.36. The van der Waals surface area contributed by atoms with Crippen molar-refractivity contribution in [3.8, 4) is 11.1 Å². The lowest BCUT2D eigenvalue weighted by atomic mass is 10.1. The highest BCUT2D eigenvalue weighted by molar-refractivity contribution is 6.24. The van der Waals surface area contributed by atoms with E-state index in [0.717, 1.165) is 22.3 Å². The molecule has 0 aliphatic heterocycles. The minimum Gasteiger partial charge on any atom is -0.481 e. The third-order valence-electron chi connectivity index (χ3n) is 4.35. The molecular weight excluding hydrogens is 364 g/mol. The Bertz CT molecular complexity index is 864. The minimum absolute atomic E-state index is 0.137. The van der Waals surface area contributed by atoms with Gasteiger partial charge < -0.3 is 25.5 Å². The fourth-order valence-electron chi connectivity index (χ4n) is 3.04. The number of oxime groups is 1. The predicted octanol–water partition coefficient (Wildman–Crippen LogP) is 1.31. The van der Waals surface area contributed by atoms with Crippen LogP contribution in [-0.4, -0.2) is 58.3 Å². The van der Waals surface area contributed by atoms with E-state index in [1.165, 1.54) is 0 Å². The van der Waals surface area contributed by atoms with Gasteiger partial charge in [-0.15, -0.1) is 0 Å². The Morgan fingerprint density at radius 3 is 2.00 bits per heavy atom. The minimum atomic E-state index is -1.30. The highest BCUT2D eigenvalue weighted by atomic mass is 16.6. The van der Waals surface area contributed by atoms with Gasteiger partial charge in [0.1, 0.15) is 24.5 Å². The van der Waals surface area contributed by atoms with Gasteiger partial charge in [-0.05, 0) is 11.1 Å². The van der Waals surface area contributed by atoms with Crippen molar-refractivity contribution in [1.29, 1.82) is 0 Å². The van der Waals surface area contributed by atoms with Crippen LogP contribution in [0.3, 0.4) is 0 Å². The van der Waals surface area contributed by atoms with Crippen molar-refractivity contribution in [2.45, 2.75) is 18.6 Å². The van der Waals surface area contributed by atoms with Crippen molar-refractivity contribution in [2.24, 2.45) is 5.16 Å². The molecule has 1 aliphatic carbocycles. The number of carbonyl (C=O) groups is 2. The van der Waals surface area contributed by atoms with E-state index < -0.39 is 30.5 Å². The van der Waals surface area contributed by atoms with Crippen LogP contribution >= 0.6 is 0 Å². The van der Waals surface area contributed by atoms with Crippen LogP contribution in [0.4, 0.5) is 0 Å². The molecule has 0 heterocycles. The Hall–Kier alpha value is -3.23. The van der Waals surface area contributed by atoms with Gasteiger partial charge in [0.05, 0.1) is 6.42 Å². The Morgan fingerprint density at radius 2 is 1.50 bits per heavy atom. The number of hydrogen-bond donors (Lipinski definition) is 4. The molecule has 0 unspecified atom stereocenters. The molecule has 0 saturated carbocycles. The van der Waals surface area contributed by atoms with Gasteiger partial charge in [0.2, 0.25) is 0 Å².